The molecule has 0 aliphatic carbocycles. The zero-order valence-corrected chi connectivity index (χ0v) is 12.7. The van der Waals surface area contributed by atoms with Gasteiger partial charge in [-0.1, -0.05) is 60.3 Å². The van der Waals surface area contributed by atoms with Crippen LogP contribution in [0.5, 0.6) is 0 Å². The summed E-state index contributed by atoms with van der Waals surface area (Å²) in [5.41, 5.74) is 2.91. The van der Waals surface area contributed by atoms with Crippen LogP contribution < -0.4 is 0 Å². The van der Waals surface area contributed by atoms with E-state index in [9.17, 15) is 0 Å². The lowest BCUT2D eigenvalue weighted by Gasteiger charge is -2.00. The van der Waals surface area contributed by atoms with Gasteiger partial charge in [-0.25, -0.2) is 4.98 Å². The molecule has 0 aliphatic rings. The van der Waals surface area contributed by atoms with E-state index in [4.69, 9.17) is 5.26 Å². The maximum atomic E-state index is 9.09. The topological polar surface area (TPSA) is 65.4 Å². The predicted molar refractivity (Wildman–Crippen MR) is 86.3 cm³/mol. The van der Waals surface area contributed by atoms with Gasteiger partial charge in [0.1, 0.15) is 5.82 Å². The van der Waals surface area contributed by atoms with Crippen molar-refractivity contribution in [1.82, 2.24) is 15.2 Å². The Hall–Kier alpha value is -2.58. The summed E-state index contributed by atoms with van der Waals surface area (Å²) in [6, 6.07) is 20.0. The van der Waals surface area contributed by atoms with Crippen LogP contribution in [0.1, 0.15) is 22.5 Å². The Labute approximate surface area is 133 Å². The summed E-state index contributed by atoms with van der Waals surface area (Å²) in [7, 11) is 0. The van der Waals surface area contributed by atoms with Crippen LogP contribution >= 0.6 is 11.8 Å². The van der Waals surface area contributed by atoms with Gasteiger partial charge >= 0.3 is 0 Å². The Morgan fingerprint density at radius 2 is 1.82 bits per heavy atom. The van der Waals surface area contributed by atoms with E-state index in [0.29, 0.717) is 16.5 Å². The van der Waals surface area contributed by atoms with Crippen LogP contribution in [-0.2, 0) is 12.2 Å². The highest BCUT2D eigenvalue weighted by molar-refractivity contribution is 7.98. The summed E-state index contributed by atoms with van der Waals surface area (Å²) in [5, 5.41) is 17.0. The molecule has 4 nitrogen and oxygen atoms in total. The lowest BCUT2D eigenvalue weighted by Crippen LogP contribution is -1.90. The van der Waals surface area contributed by atoms with E-state index in [1.165, 1.54) is 17.3 Å². The number of benzene rings is 2. The molecule has 0 aliphatic heterocycles. The van der Waals surface area contributed by atoms with Gasteiger partial charge in [-0.2, -0.15) is 5.26 Å². The molecular weight excluding hydrogens is 292 g/mol. The van der Waals surface area contributed by atoms with Crippen molar-refractivity contribution in [3.05, 3.63) is 77.1 Å². The van der Waals surface area contributed by atoms with Crippen LogP contribution in [0.4, 0.5) is 0 Å². The summed E-state index contributed by atoms with van der Waals surface area (Å²) < 4.78 is 0. The highest BCUT2D eigenvalue weighted by Crippen LogP contribution is 2.21. The van der Waals surface area contributed by atoms with Gasteiger partial charge in [-0.05, 0) is 17.2 Å². The summed E-state index contributed by atoms with van der Waals surface area (Å²) in [6.07, 6.45) is 0.739. The van der Waals surface area contributed by atoms with E-state index in [1.807, 2.05) is 42.5 Å². The molecule has 2 aromatic carbocycles. The van der Waals surface area contributed by atoms with Gasteiger partial charge in [0.15, 0.2) is 0 Å². The summed E-state index contributed by atoms with van der Waals surface area (Å²) in [5.74, 6) is 1.54. The largest absolute Gasteiger partial charge is 0.262 e. The van der Waals surface area contributed by atoms with E-state index in [0.717, 1.165) is 17.8 Å². The van der Waals surface area contributed by atoms with Gasteiger partial charge in [-0.3, -0.25) is 5.10 Å². The molecule has 0 fully saturated rings. The minimum Gasteiger partial charge on any atom is -0.262 e. The second kappa shape index (κ2) is 6.92. The molecule has 22 heavy (non-hydrogen) atoms. The first kappa shape index (κ1) is 14.4. The average Bonchev–Trinajstić information content (AvgIpc) is 3.01. The number of aromatic amines is 1. The van der Waals surface area contributed by atoms with Crippen molar-refractivity contribution in [3.8, 4) is 6.07 Å². The minimum absolute atomic E-state index is 0.687. The van der Waals surface area contributed by atoms with Gasteiger partial charge in [0.25, 0.3) is 0 Å². The molecule has 108 valence electrons. The third-order valence-corrected chi connectivity index (χ3v) is 4.12. The Kier molecular flexibility index (Phi) is 4.52. The van der Waals surface area contributed by atoms with Crippen molar-refractivity contribution >= 4 is 11.8 Å². The van der Waals surface area contributed by atoms with Gasteiger partial charge < -0.3 is 0 Å². The zero-order chi connectivity index (χ0) is 15.2. The molecule has 0 unspecified atom stereocenters. The maximum absolute atomic E-state index is 9.09. The maximum Gasteiger partial charge on any atom is 0.208 e. The Balaban J connectivity index is 1.64. The number of hydrogen-bond acceptors (Lipinski definition) is 4. The fourth-order valence-electron chi connectivity index (χ4n) is 2.11. The third-order valence-electron chi connectivity index (χ3n) is 3.22. The molecule has 0 bridgehead atoms. The number of thioether (sulfide) groups is 1. The van der Waals surface area contributed by atoms with Crippen molar-refractivity contribution in [2.24, 2.45) is 0 Å². The molecule has 0 radical (unpaired) electrons. The Bertz CT molecular complexity index is 790. The third kappa shape index (κ3) is 3.54. The van der Waals surface area contributed by atoms with Crippen LogP contribution in [0, 0.1) is 11.3 Å². The molecular formula is C17H14N4S. The first-order chi connectivity index (χ1) is 10.8. The van der Waals surface area contributed by atoms with Crippen molar-refractivity contribution < 1.29 is 0 Å². The van der Waals surface area contributed by atoms with Crippen LogP contribution in [0.2, 0.25) is 0 Å². The first-order valence-corrected chi connectivity index (χ1v) is 7.90. The number of H-pyrrole nitrogens is 1. The lowest BCUT2D eigenvalue weighted by molar-refractivity contribution is 0.956. The second-order valence-electron chi connectivity index (χ2n) is 4.78. The molecule has 0 saturated carbocycles. The lowest BCUT2D eigenvalue weighted by atomic mass is 10.1. The number of aromatic nitrogens is 3. The number of rotatable bonds is 5. The van der Waals surface area contributed by atoms with Gasteiger partial charge in [0.2, 0.25) is 5.16 Å². The van der Waals surface area contributed by atoms with Gasteiger partial charge in [0, 0.05) is 12.2 Å². The van der Waals surface area contributed by atoms with Crippen LogP contribution in [-0.4, -0.2) is 15.2 Å². The monoisotopic (exact) mass is 306 g/mol. The molecule has 0 saturated heterocycles. The Morgan fingerprint density at radius 3 is 2.64 bits per heavy atom. The molecule has 5 heteroatoms. The zero-order valence-electron chi connectivity index (χ0n) is 11.9. The van der Waals surface area contributed by atoms with E-state index < -0.39 is 0 Å². The van der Waals surface area contributed by atoms with Crippen LogP contribution in [0.3, 0.4) is 0 Å². The summed E-state index contributed by atoms with van der Waals surface area (Å²) in [6.45, 7) is 0. The van der Waals surface area contributed by atoms with Crippen molar-refractivity contribution in [2.45, 2.75) is 17.3 Å². The molecule has 0 spiro atoms. The van der Waals surface area contributed by atoms with Gasteiger partial charge in [-0.15, -0.1) is 5.10 Å². The van der Waals surface area contributed by atoms with Crippen molar-refractivity contribution in [1.29, 1.82) is 5.26 Å². The molecule has 1 N–H and O–H groups in total. The highest BCUT2D eigenvalue weighted by Gasteiger charge is 2.07. The minimum atomic E-state index is 0.687. The molecule has 0 amide bonds. The Morgan fingerprint density at radius 1 is 1.05 bits per heavy atom. The molecule has 1 aromatic heterocycles. The summed E-state index contributed by atoms with van der Waals surface area (Å²) in [4.78, 5) is 4.49. The predicted octanol–water partition coefficient (Wildman–Crippen LogP) is 3.56. The molecule has 3 aromatic rings. The fourth-order valence-corrected chi connectivity index (χ4v) is 2.93. The van der Waals surface area contributed by atoms with E-state index >= 15 is 0 Å². The smallest absolute Gasteiger partial charge is 0.208 e. The highest BCUT2D eigenvalue weighted by atomic mass is 32.2. The van der Waals surface area contributed by atoms with Crippen LogP contribution in [0.25, 0.3) is 0 Å². The normalized spacial score (nSPS) is 10.3. The van der Waals surface area contributed by atoms with Crippen molar-refractivity contribution in [3.63, 3.8) is 0 Å². The molecule has 1 heterocycles. The fraction of sp³-hybridized carbons (Fsp3) is 0.118. The number of nitrogens with one attached hydrogen (secondary N) is 1. The first-order valence-electron chi connectivity index (χ1n) is 6.91. The van der Waals surface area contributed by atoms with Crippen LogP contribution in [0.15, 0.2) is 59.8 Å². The average molecular weight is 306 g/mol. The van der Waals surface area contributed by atoms with E-state index in [1.54, 1.807) is 0 Å². The number of hydrogen-bond donors (Lipinski definition) is 1. The van der Waals surface area contributed by atoms with Gasteiger partial charge in [0.05, 0.1) is 11.6 Å². The standard InChI is InChI=1S/C17H14N4S/c18-11-14-8-4-5-9-15(14)12-22-17-19-16(20-21-17)10-13-6-2-1-3-7-13/h1-9H,10,12H2,(H,19,20,21). The second-order valence-corrected chi connectivity index (χ2v) is 5.73. The number of nitrogens with zero attached hydrogens (tertiary/aromatic N) is 3. The number of nitriles is 1. The molecule has 3 rings (SSSR count). The van der Waals surface area contributed by atoms with E-state index in [-0.39, 0.29) is 0 Å². The summed E-state index contributed by atoms with van der Waals surface area (Å²) >= 11 is 1.53. The van der Waals surface area contributed by atoms with Crippen molar-refractivity contribution in [2.75, 3.05) is 0 Å². The van der Waals surface area contributed by atoms with E-state index in [2.05, 4.69) is 33.4 Å². The molecule has 0 atom stereocenters. The SMILES string of the molecule is N#Cc1ccccc1CSc1n[nH]c(Cc2ccccc2)n1. The quantitative estimate of drug-likeness (QED) is 0.732.